The molecule has 1 aliphatic heterocycles. The van der Waals surface area contributed by atoms with Crippen molar-refractivity contribution < 1.29 is 27.5 Å². The molecule has 1 atom stereocenters. The number of nitrogens with one attached hydrogen (secondary N) is 2. The second kappa shape index (κ2) is 7.68. The summed E-state index contributed by atoms with van der Waals surface area (Å²) < 4.78 is 42.9. The number of alkyl halides is 3. The van der Waals surface area contributed by atoms with Gasteiger partial charge in [0.05, 0.1) is 6.04 Å². The molecule has 1 aromatic carbocycles. The maximum atomic E-state index is 12.6. The van der Waals surface area contributed by atoms with Crippen LogP contribution < -0.4 is 5.32 Å². The average Bonchev–Trinajstić information content (AvgIpc) is 3.30. The predicted octanol–water partition coefficient (Wildman–Crippen LogP) is 2.57. The molecule has 0 aliphatic carbocycles. The third kappa shape index (κ3) is 4.78. The van der Waals surface area contributed by atoms with Gasteiger partial charge in [0.1, 0.15) is 12.3 Å². The molecule has 27 heavy (non-hydrogen) atoms. The summed E-state index contributed by atoms with van der Waals surface area (Å²) in [5.41, 5.74) is -0.547. The van der Waals surface area contributed by atoms with Crippen molar-refractivity contribution in [2.75, 3.05) is 13.1 Å². The monoisotopic (exact) mass is 382 g/mol. The Morgan fingerprint density at radius 1 is 1.30 bits per heavy atom. The van der Waals surface area contributed by atoms with E-state index in [0.29, 0.717) is 19.0 Å². The second-order valence-electron chi connectivity index (χ2n) is 6.11. The van der Waals surface area contributed by atoms with Crippen molar-refractivity contribution in [1.29, 1.82) is 0 Å². The Morgan fingerprint density at radius 3 is 2.70 bits per heavy atom. The number of rotatable bonds is 4. The number of carbonyl (C=O) groups excluding carboxylic acids is 2. The summed E-state index contributed by atoms with van der Waals surface area (Å²) in [6, 6.07) is 9.50. The van der Waals surface area contributed by atoms with Crippen molar-refractivity contribution >= 4 is 12.0 Å². The molecule has 2 amide bonds. The van der Waals surface area contributed by atoms with E-state index < -0.39 is 23.9 Å². The minimum Gasteiger partial charge on any atom is -0.445 e. The average molecular weight is 382 g/mol. The lowest BCUT2D eigenvalue weighted by molar-refractivity contribution is -0.141. The summed E-state index contributed by atoms with van der Waals surface area (Å²) in [7, 11) is 0. The number of H-pyrrole nitrogens is 1. The van der Waals surface area contributed by atoms with Crippen molar-refractivity contribution in [2.45, 2.75) is 25.2 Å². The van der Waals surface area contributed by atoms with E-state index in [2.05, 4.69) is 10.4 Å². The first kappa shape index (κ1) is 18.7. The van der Waals surface area contributed by atoms with E-state index in [1.54, 1.807) is 0 Å². The first-order chi connectivity index (χ1) is 12.8. The third-order valence-electron chi connectivity index (χ3n) is 4.11. The predicted molar refractivity (Wildman–Crippen MR) is 87.7 cm³/mol. The Balaban J connectivity index is 1.48. The lowest BCUT2D eigenvalue weighted by Gasteiger charge is -2.16. The first-order valence-electron chi connectivity index (χ1n) is 8.22. The lowest BCUT2D eigenvalue weighted by atomic mass is 10.2. The summed E-state index contributed by atoms with van der Waals surface area (Å²) in [5, 5.41) is 7.89. The number of carbonyl (C=O) groups is 2. The molecule has 3 rings (SSSR count). The van der Waals surface area contributed by atoms with Crippen LogP contribution in [0.1, 0.15) is 28.2 Å². The SMILES string of the molecule is O=C(N[C@@H]1CCN(C(=O)c2cc(C(F)(F)F)[nH]n2)C1)OCc1ccccc1. The second-order valence-corrected chi connectivity index (χ2v) is 6.11. The molecular weight excluding hydrogens is 365 g/mol. The van der Waals surface area contributed by atoms with Crippen molar-refractivity contribution in [2.24, 2.45) is 0 Å². The number of hydrogen-bond donors (Lipinski definition) is 2. The van der Waals surface area contributed by atoms with Crippen LogP contribution in [0.2, 0.25) is 0 Å². The summed E-state index contributed by atoms with van der Waals surface area (Å²) >= 11 is 0. The fourth-order valence-electron chi connectivity index (χ4n) is 2.73. The zero-order valence-corrected chi connectivity index (χ0v) is 14.1. The Kier molecular flexibility index (Phi) is 5.33. The number of halogens is 3. The molecule has 0 unspecified atom stereocenters. The van der Waals surface area contributed by atoms with Crippen LogP contribution in [0.25, 0.3) is 0 Å². The fraction of sp³-hybridized carbons (Fsp3) is 0.353. The molecule has 1 fully saturated rings. The number of ether oxygens (including phenoxy) is 1. The molecule has 2 aromatic rings. The highest BCUT2D eigenvalue weighted by Gasteiger charge is 2.35. The molecule has 144 valence electrons. The molecular formula is C17H17F3N4O3. The summed E-state index contributed by atoms with van der Waals surface area (Å²) in [4.78, 5) is 25.5. The van der Waals surface area contributed by atoms with E-state index in [0.717, 1.165) is 5.56 Å². The summed E-state index contributed by atoms with van der Waals surface area (Å²) in [5.74, 6) is -0.622. The van der Waals surface area contributed by atoms with Gasteiger partial charge >= 0.3 is 12.3 Å². The van der Waals surface area contributed by atoms with Crippen molar-refractivity contribution in [3.63, 3.8) is 0 Å². The molecule has 1 aromatic heterocycles. The minimum absolute atomic E-state index is 0.121. The maximum absolute atomic E-state index is 12.6. The highest BCUT2D eigenvalue weighted by molar-refractivity contribution is 5.92. The Morgan fingerprint density at radius 2 is 2.04 bits per heavy atom. The van der Waals surface area contributed by atoms with Crippen LogP contribution in [0, 0.1) is 0 Å². The fourth-order valence-corrected chi connectivity index (χ4v) is 2.73. The number of aromatic nitrogens is 2. The van der Waals surface area contributed by atoms with Crippen LogP contribution in [-0.4, -0.2) is 46.2 Å². The molecule has 2 heterocycles. The molecule has 0 bridgehead atoms. The van der Waals surface area contributed by atoms with Gasteiger partial charge in [0, 0.05) is 19.2 Å². The van der Waals surface area contributed by atoms with E-state index in [-0.39, 0.29) is 24.9 Å². The standard InChI is InChI=1S/C17H17F3N4O3/c18-17(19,20)14-8-13(22-23-14)15(25)24-7-6-12(9-24)21-16(26)27-10-11-4-2-1-3-5-11/h1-5,8,12H,6-7,9-10H2,(H,21,26)(H,22,23)/t12-/m1/s1. The number of alkyl carbamates (subject to hydrolysis) is 1. The highest BCUT2D eigenvalue weighted by atomic mass is 19.4. The van der Waals surface area contributed by atoms with Crippen molar-refractivity contribution in [3.8, 4) is 0 Å². The largest absolute Gasteiger partial charge is 0.445 e. The number of likely N-dealkylation sites (tertiary alicyclic amines) is 1. The van der Waals surface area contributed by atoms with Gasteiger partial charge in [-0.1, -0.05) is 30.3 Å². The highest BCUT2D eigenvalue weighted by Crippen LogP contribution is 2.28. The van der Waals surface area contributed by atoms with Gasteiger partial charge in [0.2, 0.25) is 0 Å². The number of aromatic amines is 1. The molecule has 0 radical (unpaired) electrons. The van der Waals surface area contributed by atoms with Gasteiger partial charge in [-0.2, -0.15) is 18.3 Å². The topological polar surface area (TPSA) is 87.3 Å². The molecule has 2 N–H and O–H groups in total. The van der Waals surface area contributed by atoms with Crippen LogP contribution in [0.4, 0.5) is 18.0 Å². The van der Waals surface area contributed by atoms with Gasteiger partial charge < -0.3 is 15.0 Å². The summed E-state index contributed by atoms with van der Waals surface area (Å²) in [6.07, 6.45) is -4.73. The number of nitrogens with zero attached hydrogens (tertiary/aromatic N) is 2. The Hall–Kier alpha value is -3.04. The van der Waals surface area contributed by atoms with Gasteiger partial charge in [-0.15, -0.1) is 0 Å². The zero-order chi connectivity index (χ0) is 19.4. The summed E-state index contributed by atoms with van der Waals surface area (Å²) in [6.45, 7) is 0.597. The van der Waals surface area contributed by atoms with Crippen LogP contribution >= 0.6 is 0 Å². The van der Waals surface area contributed by atoms with Gasteiger partial charge in [0.15, 0.2) is 5.69 Å². The smallest absolute Gasteiger partial charge is 0.432 e. The molecule has 10 heteroatoms. The zero-order valence-electron chi connectivity index (χ0n) is 14.1. The molecule has 0 saturated carbocycles. The number of hydrogen-bond acceptors (Lipinski definition) is 4. The minimum atomic E-state index is -4.59. The first-order valence-corrected chi connectivity index (χ1v) is 8.22. The van der Waals surface area contributed by atoms with Crippen LogP contribution in [0.3, 0.4) is 0 Å². The van der Waals surface area contributed by atoms with Gasteiger partial charge in [-0.3, -0.25) is 9.89 Å². The van der Waals surface area contributed by atoms with Gasteiger partial charge in [-0.05, 0) is 12.0 Å². The third-order valence-corrected chi connectivity index (χ3v) is 4.11. The van der Waals surface area contributed by atoms with Crippen LogP contribution in [0.15, 0.2) is 36.4 Å². The molecule has 0 spiro atoms. The van der Waals surface area contributed by atoms with Crippen LogP contribution in [-0.2, 0) is 17.5 Å². The molecule has 1 saturated heterocycles. The van der Waals surface area contributed by atoms with E-state index in [4.69, 9.17) is 4.74 Å². The Bertz CT molecular complexity index is 807. The van der Waals surface area contributed by atoms with Crippen LogP contribution in [0.5, 0.6) is 0 Å². The quantitative estimate of drug-likeness (QED) is 0.851. The van der Waals surface area contributed by atoms with E-state index >= 15 is 0 Å². The van der Waals surface area contributed by atoms with Gasteiger partial charge in [0.25, 0.3) is 5.91 Å². The number of amides is 2. The van der Waals surface area contributed by atoms with E-state index in [1.165, 1.54) is 4.90 Å². The van der Waals surface area contributed by atoms with E-state index in [1.807, 2.05) is 35.4 Å². The lowest BCUT2D eigenvalue weighted by Crippen LogP contribution is -2.38. The molecule has 7 nitrogen and oxygen atoms in total. The normalized spacial score (nSPS) is 17.0. The van der Waals surface area contributed by atoms with Crippen molar-refractivity contribution in [3.05, 3.63) is 53.3 Å². The van der Waals surface area contributed by atoms with Crippen molar-refractivity contribution in [1.82, 2.24) is 20.4 Å². The van der Waals surface area contributed by atoms with E-state index in [9.17, 15) is 22.8 Å². The number of benzene rings is 1. The Labute approximate surface area is 152 Å². The molecule has 1 aliphatic rings. The van der Waals surface area contributed by atoms with Gasteiger partial charge in [-0.25, -0.2) is 4.79 Å². The maximum Gasteiger partial charge on any atom is 0.432 e.